The Morgan fingerprint density at radius 1 is 1.17 bits per heavy atom. The maximum Gasteiger partial charge on any atom is 0.418 e. The first kappa shape index (κ1) is 20.3. The van der Waals surface area contributed by atoms with Crippen molar-refractivity contribution in [3.05, 3.63) is 80.3 Å². The first-order valence-electron chi connectivity index (χ1n) is 7.93. The van der Waals surface area contributed by atoms with Crippen molar-refractivity contribution in [1.82, 2.24) is 14.8 Å². The molecule has 8 nitrogen and oxygen atoms in total. The van der Waals surface area contributed by atoms with Gasteiger partial charge in [-0.05, 0) is 24.3 Å². The summed E-state index contributed by atoms with van der Waals surface area (Å²) in [4.78, 5) is 34.4. The number of hydrogen-bond donors (Lipinski definition) is 1. The molecule has 0 atom stereocenters. The molecule has 1 heterocycles. The fraction of sp³-hybridized carbons (Fsp3) is 0.118. The molecule has 0 unspecified atom stereocenters. The van der Waals surface area contributed by atoms with Crippen LogP contribution >= 0.6 is 11.8 Å². The summed E-state index contributed by atoms with van der Waals surface area (Å²) in [7, 11) is 0. The minimum atomic E-state index is -4.69. The molecule has 0 aliphatic rings. The van der Waals surface area contributed by atoms with Crippen LogP contribution < -0.4 is 5.69 Å². The van der Waals surface area contributed by atoms with E-state index in [4.69, 9.17) is 0 Å². The second-order valence-corrected chi connectivity index (χ2v) is 6.62. The van der Waals surface area contributed by atoms with Crippen LogP contribution in [0.3, 0.4) is 0 Å². The van der Waals surface area contributed by atoms with E-state index in [0.717, 1.165) is 28.5 Å². The number of rotatable bonds is 6. The third-order valence-corrected chi connectivity index (χ3v) is 4.76. The molecular weight excluding hydrogens is 413 g/mol. The van der Waals surface area contributed by atoms with Gasteiger partial charge in [-0.15, -0.1) is 5.10 Å². The number of alkyl halides is 3. The van der Waals surface area contributed by atoms with Gasteiger partial charge < -0.3 is 0 Å². The molecule has 0 radical (unpaired) electrons. The molecule has 0 aliphatic heterocycles. The molecule has 1 N–H and O–H groups in total. The van der Waals surface area contributed by atoms with Gasteiger partial charge in [0.1, 0.15) is 0 Å². The number of Topliss-reactive ketones (excluding diaryl/α,β-unsaturated/α-hetero) is 1. The van der Waals surface area contributed by atoms with Crippen molar-refractivity contribution in [3.63, 3.8) is 0 Å². The third kappa shape index (κ3) is 4.37. The molecule has 2 aromatic carbocycles. The Bertz CT molecular complexity index is 1120. The smallest absolute Gasteiger partial charge is 0.293 e. The lowest BCUT2D eigenvalue weighted by Crippen LogP contribution is -2.20. The normalized spacial score (nSPS) is 11.4. The molecule has 29 heavy (non-hydrogen) atoms. The number of ketones is 1. The number of benzene rings is 2. The number of H-pyrrole nitrogens is 1. The number of hydrogen-bond acceptors (Lipinski definition) is 6. The highest BCUT2D eigenvalue weighted by molar-refractivity contribution is 7.99. The summed E-state index contributed by atoms with van der Waals surface area (Å²) < 4.78 is 40.6. The number of thioether (sulfide) groups is 1. The monoisotopic (exact) mass is 424 g/mol. The summed E-state index contributed by atoms with van der Waals surface area (Å²) in [5, 5.41) is 16.3. The fourth-order valence-electron chi connectivity index (χ4n) is 2.48. The molecule has 3 aromatic rings. The first-order valence-corrected chi connectivity index (χ1v) is 8.91. The Balaban J connectivity index is 1.85. The van der Waals surface area contributed by atoms with Gasteiger partial charge in [-0.3, -0.25) is 14.9 Å². The molecule has 0 amide bonds. The number of nitro groups is 1. The molecule has 0 fully saturated rings. The van der Waals surface area contributed by atoms with Gasteiger partial charge in [-0.25, -0.2) is 14.5 Å². The minimum Gasteiger partial charge on any atom is -0.293 e. The van der Waals surface area contributed by atoms with E-state index in [1.165, 1.54) is 36.4 Å². The van der Waals surface area contributed by atoms with Crippen molar-refractivity contribution in [1.29, 1.82) is 0 Å². The highest BCUT2D eigenvalue weighted by atomic mass is 32.2. The molecule has 0 aliphatic carbocycles. The number of aromatic amines is 1. The highest BCUT2D eigenvalue weighted by Gasteiger charge is 2.34. The van der Waals surface area contributed by atoms with Gasteiger partial charge in [0.2, 0.25) is 0 Å². The van der Waals surface area contributed by atoms with Crippen molar-refractivity contribution in [2.45, 2.75) is 11.3 Å². The maximum atomic E-state index is 13.3. The number of halogens is 3. The van der Waals surface area contributed by atoms with Crippen LogP contribution in [0.15, 0.2) is 58.5 Å². The Kier molecular flexibility index (Phi) is 5.55. The van der Waals surface area contributed by atoms with Crippen LogP contribution in [0.25, 0.3) is 5.69 Å². The van der Waals surface area contributed by atoms with Crippen molar-refractivity contribution in [3.8, 4) is 5.69 Å². The van der Waals surface area contributed by atoms with Gasteiger partial charge in [-0.2, -0.15) is 13.2 Å². The van der Waals surface area contributed by atoms with Gasteiger partial charge in [0.25, 0.3) is 5.69 Å². The largest absolute Gasteiger partial charge is 0.418 e. The summed E-state index contributed by atoms with van der Waals surface area (Å²) in [6, 6.07) is 9.40. The summed E-state index contributed by atoms with van der Waals surface area (Å²) in [6.45, 7) is 0. The molecule has 150 valence electrons. The van der Waals surface area contributed by atoms with E-state index in [1.807, 2.05) is 0 Å². The number of nitrogens with zero attached hydrogens (tertiary/aromatic N) is 3. The summed E-state index contributed by atoms with van der Waals surface area (Å²) in [5.74, 6) is -0.674. The quantitative estimate of drug-likeness (QED) is 0.281. The van der Waals surface area contributed by atoms with E-state index in [9.17, 15) is 32.9 Å². The molecule has 1 aromatic heterocycles. The number of aromatic nitrogens is 3. The second-order valence-electron chi connectivity index (χ2n) is 5.68. The third-order valence-electron chi connectivity index (χ3n) is 3.82. The van der Waals surface area contributed by atoms with Crippen LogP contribution in [0.2, 0.25) is 0 Å². The van der Waals surface area contributed by atoms with Gasteiger partial charge in [0.05, 0.1) is 21.9 Å². The minimum absolute atomic E-state index is 0.123. The molecule has 0 bridgehead atoms. The zero-order valence-corrected chi connectivity index (χ0v) is 15.2. The Morgan fingerprint density at radius 2 is 1.83 bits per heavy atom. The van der Waals surface area contributed by atoms with Crippen molar-refractivity contribution >= 4 is 23.2 Å². The van der Waals surface area contributed by atoms with Crippen LogP contribution in [0, 0.1) is 10.1 Å². The lowest BCUT2D eigenvalue weighted by Gasteiger charge is -2.13. The Labute approximate surface area is 164 Å². The van der Waals surface area contributed by atoms with E-state index >= 15 is 0 Å². The molecule has 0 spiro atoms. The standard InChI is InChI=1S/C17H11F3N4O4S/c18-17(19,20)12-3-1-2-4-13(12)23-15(26)21-22-16(23)29-9-14(25)10-5-7-11(8-6-10)24(27)28/h1-8H,9H2,(H,21,26). The van der Waals surface area contributed by atoms with E-state index in [1.54, 1.807) is 0 Å². The zero-order chi connectivity index (χ0) is 21.2. The van der Waals surface area contributed by atoms with E-state index in [0.29, 0.717) is 0 Å². The van der Waals surface area contributed by atoms with Gasteiger partial charge >= 0.3 is 11.9 Å². The zero-order valence-electron chi connectivity index (χ0n) is 14.3. The average Bonchev–Trinajstić information content (AvgIpc) is 3.05. The van der Waals surface area contributed by atoms with Gasteiger partial charge in [0, 0.05) is 17.7 Å². The summed E-state index contributed by atoms with van der Waals surface area (Å²) in [6.07, 6.45) is -4.69. The number of para-hydroxylation sites is 1. The molecule has 0 saturated carbocycles. The van der Waals surface area contributed by atoms with E-state index in [-0.39, 0.29) is 22.2 Å². The average molecular weight is 424 g/mol. The number of carbonyl (C=O) groups excluding carboxylic acids is 1. The summed E-state index contributed by atoms with van der Waals surface area (Å²) in [5.41, 5.74) is -2.31. The Morgan fingerprint density at radius 3 is 2.45 bits per heavy atom. The number of nitro benzene ring substituents is 1. The number of carbonyl (C=O) groups is 1. The Hall–Kier alpha value is -3.41. The predicted octanol–water partition coefficient (Wildman–Crippen LogP) is 3.46. The maximum absolute atomic E-state index is 13.3. The molecule has 12 heteroatoms. The summed E-state index contributed by atoms with van der Waals surface area (Å²) >= 11 is 0.765. The lowest BCUT2D eigenvalue weighted by atomic mass is 10.1. The fourth-order valence-corrected chi connectivity index (χ4v) is 3.33. The molecule has 0 saturated heterocycles. The highest BCUT2D eigenvalue weighted by Crippen LogP contribution is 2.34. The molecular formula is C17H11F3N4O4S. The van der Waals surface area contributed by atoms with Crippen molar-refractivity contribution in [2.75, 3.05) is 5.75 Å². The van der Waals surface area contributed by atoms with Crippen LogP contribution in [0.1, 0.15) is 15.9 Å². The van der Waals surface area contributed by atoms with Crippen LogP contribution in [-0.2, 0) is 6.18 Å². The van der Waals surface area contributed by atoms with Crippen molar-refractivity contribution < 1.29 is 22.9 Å². The van der Waals surface area contributed by atoms with Crippen LogP contribution in [0.4, 0.5) is 18.9 Å². The lowest BCUT2D eigenvalue weighted by molar-refractivity contribution is -0.384. The SMILES string of the molecule is O=C(CSc1n[nH]c(=O)n1-c1ccccc1C(F)(F)F)c1ccc([N+](=O)[O-])cc1. The van der Waals surface area contributed by atoms with Crippen molar-refractivity contribution in [2.24, 2.45) is 0 Å². The van der Waals surface area contributed by atoms with Gasteiger partial charge in [0.15, 0.2) is 10.9 Å². The van der Waals surface area contributed by atoms with Crippen LogP contribution in [0.5, 0.6) is 0 Å². The van der Waals surface area contributed by atoms with Gasteiger partial charge in [-0.1, -0.05) is 23.9 Å². The molecule has 3 rings (SSSR count). The second kappa shape index (κ2) is 7.91. The number of nitrogens with one attached hydrogen (secondary N) is 1. The van der Waals surface area contributed by atoms with E-state index < -0.39 is 33.8 Å². The topological polar surface area (TPSA) is 111 Å². The predicted molar refractivity (Wildman–Crippen MR) is 97.3 cm³/mol. The first-order chi connectivity index (χ1) is 13.7. The van der Waals surface area contributed by atoms with Crippen LogP contribution in [-0.4, -0.2) is 31.2 Å². The number of non-ortho nitro benzene ring substituents is 1. The van der Waals surface area contributed by atoms with E-state index in [2.05, 4.69) is 10.2 Å².